The molecule has 10 heteroatoms. The number of carbonyl (C=O) groups excluding carboxylic acids is 3. The minimum absolute atomic E-state index is 0.169. The maximum absolute atomic E-state index is 12.4. The second-order valence-corrected chi connectivity index (χ2v) is 7.94. The van der Waals surface area contributed by atoms with Gasteiger partial charge in [0.1, 0.15) is 11.9 Å². The van der Waals surface area contributed by atoms with Crippen molar-refractivity contribution < 1.29 is 29.4 Å². The standard InChI is InChI=1S/C20H18Br2N2O6/c1-11(7-8-16(25)24-29)18(14-9-13(21)10-15(22)17(14)26)30-20(28)23-19(27)12-5-3-2-4-6-12/h2-11,18,26,29H,1H3,(H,24,25)(H,23,27,28)/b8-7+/t11-,18+/m1/s1. The van der Waals surface area contributed by atoms with Gasteiger partial charge in [0.15, 0.2) is 0 Å². The van der Waals surface area contributed by atoms with Crippen molar-refractivity contribution in [3.8, 4) is 5.75 Å². The predicted octanol–water partition coefficient (Wildman–Crippen LogP) is 4.22. The minimum atomic E-state index is -1.06. The third-order valence-corrected chi connectivity index (χ3v) is 5.05. The number of carbonyl (C=O) groups is 3. The largest absolute Gasteiger partial charge is 0.506 e. The fourth-order valence-corrected chi connectivity index (χ4v) is 3.79. The van der Waals surface area contributed by atoms with Crippen molar-refractivity contribution in [1.29, 1.82) is 0 Å². The van der Waals surface area contributed by atoms with Crippen LogP contribution in [0.5, 0.6) is 5.75 Å². The summed E-state index contributed by atoms with van der Waals surface area (Å²) in [4.78, 5) is 35.9. The molecule has 158 valence electrons. The average Bonchev–Trinajstić information content (AvgIpc) is 2.73. The topological polar surface area (TPSA) is 125 Å². The number of imide groups is 1. The molecule has 0 bridgehead atoms. The van der Waals surface area contributed by atoms with Crippen LogP contribution in [0.1, 0.15) is 28.9 Å². The first-order chi connectivity index (χ1) is 14.2. The highest BCUT2D eigenvalue weighted by atomic mass is 79.9. The van der Waals surface area contributed by atoms with Gasteiger partial charge < -0.3 is 9.84 Å². The highest BCUT2D eigenvalue weighted by molar-refractivity contribution is 9.11. The van der Waals surface area contributed by atoms with Crippen LogP contribution in [0.4, 0.5) is 4.79 Å². The van der Waals surface area contributed by atoms with Crippen LogP contribution < -0.4 is 10.8 Å². The molecule has 3 amide bonds. The lowest BCUT2D eigenvalue weighted by Crippen LogP contribution is -2.33. The fourth-order valence-electron chi connectivity index (χ4n) is 2.53. The number of phenolic OH excluding ortho intramolecular Hbond substituents is 1. The van der Waals surface area contributed by atoms with Gasteiger partial charge in [0.2, 0.25) is 0 Å². The normalized spacial score (nSPS) is 12.8. The predicted molar refractivity (Wildman–Crippen MR) is 115 cm³/mol. The van der Waals surface area contributed by atoms with Crippen molar-refractivity contribution in [2.24, 2.45) is 5.92 Å². The summed E-state index contributed by atoms with van der Waals surface area (Å²) in [6.07, 6.45) is 0.343. The zero-order chi connectivity index (χ0) is 22.3. The number of hydrogen-bond donors (Lipinski definition) is 4. The van der Waals surface area contributed by atoms with Gasteiger partial charge in [0, 0.05) is 27.6 Å². The van der Waals surface area contributed by atoms with Crippen LogP contribution in [-0.2, 0) is 9.53 Å². The van der Waals surface area contributed by atoms with Crippen LogP contribution in [0.3, 0.4) is 0 Å². The van der Waals surface area contributed by atoms with Crippen molar-refractivity contribution >= 4 is 49.8 Å². The molecule has 0 aliphatic carbocycles. The Morgan fingerprint density at radius 2 is 1.80 bits per heavy atom. The van der Waals surface area contributed by atoms with Gasteiger partial charge >= 0.3 is 6.09 Å². The number of nitrogens with one attached hydrogen (secondary N) is 2. The number of aromatic hydroxyl groups is 1. The van der Waals surface area contributed by atoms with Gasteiger partial charge in [0.25, 0.3) is 11.8 Å². The molecule has 2 rings (SSSR count). The summed E-state index contributed by atoms with van der Waals surface area (Å²) in [5.74, 6) is -2.21. The fraction of sp³-hybridized carbons (Fsp3) is 0.150. The van der Waals surface area contributed by atoms with E-state index in [-0.39, 0.29) is 16.9 Å². The van der Waals surface area contributed by atoms with E-state index in [2.05, 4.69) is 37.2 Å². The molecule has 0 aromatic heterocycles. The summed E-state index contributed by atoms with van der Waals surface area (Å²) in [5, 5.41) is 21.2. The number of benzene rings is 2. The number of hydroxylamine groups is 1. The van der Waals surface area contributed by atoms with Gasteiger partial charge in [-0.2, -0.15) is 0 Å². The molecule has 0 saturated carbocycles. The summed E-state index contributed by atoms with van der Waals surface area (Å²) in [6.45, 7) is 1.63. The van der Waals surface area contributed by atoms with Crippen molar-refractivity contribution in [1.82, 2.24) is 10.8 Å². The van der Waals surface area contributed by atoms with E-state index in [4.69, 9.17) is 9.94 Å². The Morgan fingerprint density at radius 3 is 2.43 bits per heavy atom. The third-order valence-electron chi connectivity index (χ3n) is 3.99. The van der Waals surface area contributed by atoms with Crippen molar-refractivity contribution in [3.63, 3.8) is 0 Å². The smallest absolute Gasteiger partial charge is 0.414 e. The van der Waals surface area contributed by atoms with Crippen LogP contribution in [0.25, 0.3) is 0 Å². The number of rotatable bonds is 6. The first-order valence-corrected chi connectivity index (χ1v) is 10.2. The van der Waals surface area contributed by atoms with E-state index in [1.54, 1.807) is 37.3 Å². The molecule has 2 aromatic rings. The van der Waals surface area contributed by atoms with Gasteiger partial charge in [-0.1, -0.05) is 47.1 Å². The van der Waals surface area contributed by atoms with Gasteiger partial charge in [-0.05, 0) is 40.2 Å². The summed E-state index contributed by atoms with van der Waals surface area (Å²) in [6, 6.07) is 11.3. The third kappa shape index (κ3) is 6.41. The van der Waals surface area contributed by atoms with E-state index in [9.17, 15) is 19.5 Å². The minimum Gasteiger partial charge on any atom is -0.506 e. The molecule has 0 aliphatic rings. The zero-order valence-electron chi connectivity index (χ0n) is 15.6. The van der Waals surface area contributed by atoms with Crippen molar-refractivity contribution in [2.45, 2.75) is 13.0 Å². The van der Waals surface area contributed by atoms with Crippen LogP contribution in [0.2, 0.25) is 0 Å². The molecule has 0 unspecified atom stereocenters. The molecule has 2 aromatic carbocycles. The van der Waals surface area contributed by atoms with Crippen LogP contribution in [0, 0.1) is 5.92 Å². The maximum atomic E-state index is 12.4. The molecule has 0 radical (unpaired) electrons. The van der Waals surface area contributed by atoms with Crippen molar-refractivity contribution in [2.75, 3.05) is 0 Å². The van der Waals surface area contributed by atoms with E-state index >= 15 is 0 Å². The Labute approximate surface area is 189 Å². The number of alkyl carbamates (subject to hydrolysis) is 1. The van der Waals surface area contributed by atoms with Crippen LogP contribution in [0.15, 0.2) is 63.6 Å². The van der Waals surface area contributed by atoms with Gasteiger partial charge in [-0.15, -0.1) is 0 Å². The number of halogens is 2. The Balaban J connectivity index is 2.29. The molecule has 8 nitrogen and oxygen atoms in total. The number of ether oxygens (including phenoxy) is 1. The highest BCUT2D eigenvalue weighted by Crippen LogP contribution is 2.39. The molecular formula is C20H18Br2N2O6. The number of amides is 3. The number of hydrogen-bond acceptors (Lipinski definition) is 6. The summed E-state index contributed by atoms with van der Waals surface area (Å²) < 4.78 is 6.38. The maximum Gasteiger partial charge on any atom is 0.414 e. The summed E-state index contributed by atoms with van der Waals surface area (Å²) in [7, 11) is 0. The lowest BCUT2D eigenvalue weighted by atomic mass is 9.96. The van der Waals surface area contributed by atoms with E-state index in [0.29, 0.717) is 8.95 Å². The van der Waals surface area contributed by atoms with E-state index in [1.807, 2.05) is 0 Å². The Hall–Kier alpha value is -2.69. The molecule has 30 heavy (non-hydrogen) atoms. The second kappa shape index (κ2) is 10.9. The second-order valence-electron chi connectivity index (χ2n) is 6.17. The van der Waals surface area contributed by atoms with Crippen LogP contribution in [-0.4, -0.2) is 28.2 Å². The van der Waals surface area contributed by atoms with Gasteiger partial charge in [0.05, 0.1) is 4.47 Å². The lowest BCUT2D eigenvalue weighted by Gasteiger charge is -2.24. The first-order valence-electron chi connectivity index (χ1n) is 8.60. The molecule has 0 aliphatic heterocycles. The molecule has 0 spiro atoms. The molecule has 4 N–H and O–H groups in total. The molecular weight excluding hydrogens is 524 g/mol. The highest BCUT2D eigenvalue weighted by Gasteiger charge is 2.27. The summed E-state index contributed by atoms with van der Waals surface area (Å²) in [5.41, 5.74) is 1.97. The average molecular weight is 542 g/mol. The first kappa shape index (κ1) is 23.6. The monoisotopic (exact) mass is 540 g/mol. The van der Waals surface area contributed by atoms with Gasteiger partial charge in [-0.3, -0.25) is 20.1 Å². The lowest BCUT2D eigenvalue weighted by molar-refractivity contribution is -0.124. The van der Waals surface area contributed by atoms with E-state index < -0.39 is 29.9 Å². The number of phenols is 1. The van der Waals surface area contributed by atoms with Crippen LogP contribution >= 0.6 is 31.9 Å². The van der Waals surface area contributed by atoms with Gasteiger partial charge in [-0.25, -0.2) is 10.3 Å². The van der Waals surface area contributed by atoms with Crippen molar-refractivity contribution in [3.05, 3.63) is 74.7 Å². The molecule has 0 saturated heterocycles. The molecule has 0 fully saturated rings. The summed E-state index contributed by atoms with van der Waals surface area (Å²) >= 11 is 6.53. The quantitative estimate of drug-likeness (QED) is 0.246. The van der Waals surface area contributed by atoms with E-state index in [0.717, 1.165) is 6.08 Å². The molecule has 0 heterocycles. The zero-order valence-corrected chi connectivity index (χ0v) is 18.8. The SMILES string of the molecule is C[C@H](/C=C/C(=O)NO)[C@H](OC(=O)NC(=O)c1ccccc1)c1cc(Br)cc(Br)c1O. The van der Waals surface area contributed by atoms with E-state index in [1.165, 1.54) is 23.7 Å². The Bertz CT molecular complexity index is 965. The molecule has 2 atom stereocenters. The Morgan fingerprint density at radius 1 is 1.13 bits per heavy atom. The Kier molecular flexibility index (Phi) is 8.58.